The zero-order valence-corrected chi connectivity index (χ0v) is 11.7. The predicted octanol–water partition coefficient (Wildman–Crippen LogP) is 2.36. The molecule has 0 saturated carbocycles. The first kappa shape index (κ1) is 13.2. The lowest BCUT2D eigenvalue weighted by Gasteiger charge is -2.09. The number of carbonyl (C=O) groups is 1. The smallest absolute Gasteiger partial charge is 0.251 e. The largest absolute Gasteiger partial charge is 0.397 e. The van der Waals surface area contributed by atoms with Crippen LogP contribution < -0.4 is 11.1 Å². The van der Waals surface area contributed by atoms with Crippen molar-refractivity contribution in [3.8, 4) is 5.69 Å². The lowest BCUT2D eigenvalue weighted by Crippen LogP contribution is -2.22. The molecule has 106 valence electrons. The highest BCUT2D eigenvalue weighted by Crippen LogP contribution is 2.23. The molecule has 1 aromatic heterocycles. The van der Waals surface area contributed by atoms with E-state index in [-0.39, 0.29) is 5.91 Å². The summed E-state index contributed by atoms with van der Waals surface area (Å²) in [7, 11) is 0. The summed E-state index contributed by atoms with van der Waals surface area (Å²) >= 11 is 0. The molecule has 3 aromatic rings. The Balaban J connectivity index is 2.05. The zero-order valence-electron chi connectivity index (χ0n) is 11.7. The van der Waals surface area contributed by atoms with Gasteiger partial charge in [0.1, 0.15) is 0 Å². The van der Waals surface area contributed by atoms with Crippen LogP contribution in [0.4, 0.5) is 5.69 Å². The highest BCUT2D eigenvalue weighted by atomic mass is 16.1. The number of rotatable bonds is 3. The molecule has 1 amide bonds. The molecule has 3 rings (SSSR count). The summed E-state index contributed by atoms with van der Waals surface area (Å²) in [6.07, 6.45) is 1.80. The minimum Gasteiger partial charge on any atom is -0.397 e. The van der Waals surface area contributed by atoms with Gasteiger partial charge in [0.15, 0.2) is 0 Å². The number of aromatic nitrogens is 2. The summed E-state index contributed by atoms with van der Waals surface area (Å²) in [5.41, 5.74) is 8.92. The minimum absolute atomic E-state index is 0.124. The predicted molar refractivity (Wildman–Crippen MR) is 83.5 cm³/mol. The molecule has 1 heterocycles. The average Bonchev–Trinajstić information content (AvgIpc) is 2.91. The summed E-state index contributed by atoms with van der Waals surface area (Å²) < 4.78 is 1.78. The minimum atomic E-state index is -0.124. The third-order valence-electron chi connectivity index (χ3n) is 3.33. The van der Waals surface area contributed by atoms with E-state index in [2.05, 4.69) is 10.4 Å². The van der Waals surface area contributed by atoms with Crippen molar-refractivity contribution in [1.82, 2.24) is 15.1 Å². The normalized spacial score (nSPS) is 10.7. The molecule has 0 aliphatic carbocycles. The Morgan fingerprint density at radius 1 is 1.29 bits per heavy atom. The standard InChI is InChI=1S/C16H16N4O/c1-2-18-16(21)11-7-8-15(13(17)9-11)20-14-6-4-3-5-12(14)10-19-20/h3-10H,2,17H2,1H3,(H,18,21). The zero-order chi connectivity index (χ0) is 14.8. The third-order valence-corrected chi connectivity index (χ3v) is 3.33. The number of anilines is 1. The fraction of sp³-hybridized carbons (Fsp3) is 0.125. The number of carbonyl (C=O) groups excluding carboxylic acids is 1. The molecule has 0 aliphatic rings. The van der Waals surface area contributed by atoms with Crippen LogP contribution in [0.1, 0.15) is 17.3 Å². The first-order chi connectivity index (χ1) is 10.2. The van der Waals surface area contributed by atoms with Gasteiger partial charge in [-0.3, -0.25) is 4.79 Å². The number of nitrogens with zero attached hydrogens (tertiary/aromatic N) is 2. The van der Waals surface area contributed by atoms with Crippen LogP contribution in [-0.2, 0) is 0 Å². The van der Waals surface area contributed by atoms with Crippen molar-refractivity contribution in [1.29, 1.82) is 0 Å². The molecular formula is C16H16N4O. The number of para-hydroxylation sites is 1. The summed E-state index contributed by atoms with van der Waals surface area (Å²) in [5.74, 6) is -0.124. The number of benzene rings is 2. The Bertz CT molecular complexity index is 807. The van der Waals surface area contributed by atoms with E-state index in [9.17, 15) is 4.79 Å². The third kappa shape index (κ3) is 2.33. The quantitative estimate of drug-likeness (QED) is 0.723. The fourth-order valence-corrected chi connectivity index (χ4v) is 2.31. The van der Waals surface area contributed by atoms with Crippen molar-refractivity contribution in [3.05, 3.63) is 54.2 Å². The van der Waals surface area contributed by atoms with E-state index in [1.165, 1.54) is 0 Å². The highest BCUT2D eigenvalue weighted by molar-refractivity contribution is 5.95. The molecule has 21 heavy (non-hydrogen) atoms. The molecule has 5 heteroatoms. The summed E-state index contributed by atoms with van der Waals surface area (Å²) in [6.45, 7) is 2.47. The molecule has 0 radical (unpaired) electrons. The van der Waals surface area contributed by atoms with Crippen LogP contribution in [-0.4, -0.2) is 22.2 Å². The second-order valence-corrected chi connectivity index (χ2v) is 4.75. The number of nitrogen functional groups attached to an aromatic ring is 1. The number of fused-ring (bicyclic) bond motifs is 1. The highest BCUT2D eigenvalue weighted by Gasteiger charge is 2.11. The Morgan fingerprint density at radius 2 is 2.10 bits per heavy atom. The van der Waals surface area contributed by atoms with E-state index >= 15 is 0 Å². The number of hydrogen-bond acceptors (Lipinski definition) is 3. The number of hydrogen-bond donors (Lipinski definition) is 2. The van der Waals surface area contributed by atoms with Gasteiger partial charge in [0.2, 0.25) is 0 Å². The van der Waals surface area contributed by atoms with Gasteiger partial charge in [-0.1, -0.05) is 18.2 Å². The molecule has 0 spiro atoms. The molecule has 2 aromatic carbocycles. The fourth-order valence-electron chi connectivity index (χ4n) is 2.31. The Hall–Kier alpha value is -2.82. The lowest BCUT2D eigenvalue weighted by atomic mass is 10.1. The molecule has 0 bridgehead atoms. The van der Waals surface area contributed by atoms with Crippen molar-refractivity contribution < 1.29 is 4.79 Å². The lowest BCUT2D eigenvalue weighted by molar-refractivity contribution is 0.0956. The van der Waals surface area contributed by atoms with E-state index in [1.807, 2.05) is 37.3 Å². The van der Waals surface area contributed by atoms with Gasteiger partial charge in [0, 0.05) is 17.5 Å². The van der Waals surface area contributed by atoms with Crippen molar-refractivity contribution in [2.45, 2.75) is 6.92 Å². The summed E-state index contributed by atoms with van der Waals surface area (Å²) in [6, 6.07) is 13.2. The SMILES string of the molecule is CCNC(=O)c1ccc(-n2ncc3ccccc32)c(N)c1. The molecule has 0 unspecified atom stereocenters. The Kier molecular flexibility index (Phi) is 3.31. The summed E-state index contributed by atoms with van der Waals surface area (Å²) in [5, 5.41) is 8.18. The van der Waals surface area contributed by atoms with Crippen LogP contribution in [0, 0.1) is 0 Å². The van der Waals surface area contributed by atoms with Gasteiger partial charge in [0.25, 0.3) is 5.91 Å². The maximum Gasteiger partial charge on any atom is 0.251 e. The van der Waals surface area contributed by atoms with Gasteiger partial charge < -0.3 is 11.1 Å². The van der Waals surface area contributed by atoms with Gasteiger partial charge in [-0.2, -0.15) is 5.10 Å². The van der Waals surface area contributed by atoms with Crippen LogP contribution in [0.2, 0.25) is 0 Å². The van der Waals surface area contributed by atoms with Crippen LogP contribution in [0.15, 0.2) is 48.7 Å². The molecular weight excluding hydrogens is 264 g/mol. The van der Waals surface area contributed by atoms with Gasteiger partial charge in [-0.25, -0.2) is 4.68 Å². The topological polar surface area (TPSA) is 72.9 Å². The van der Waals surface area contributed by atoms with Gasteiger partial charge in [0.05, 0.1) is 23.1 Å². The van der Waals surface area contributed by atoms with Crippen molar-refractivity contribution in [2.75, 3.05) is 12.3 Å². The van der Waals surface area contributed by atoms with Crippen LogP contribution >= 0.6 is 0 Å². The van der Waals surface area contributed by atoms with E-state index in [0.29, 0.717) is 17.8 Å². The van der Waals surface area contributed by atoms with E-state index in [4.69, 9.17) is 5.73 Å². The first-order valence-corrected chi connectivity index (χ1v) is 6.81. The Labute approximate surface area is 122 Å². The Morgan fingerprint density at radius 3 is 2.86 bits per heavy atom. The first-order valence-electron chi connectivity index (χ1n) is 6.81. The maximum atomic E-state index is 11.8. The maximum absolute atomic E-state index is 11.8. The van der Waals surface area contributed by atoms with E-state index in [0.717, 1.165) is 16.6 Å². The van der Waals surface area contributed by atoms with Crippen molar-refractivity contribution in [3.63, 3.8) is 0 Å². The number of amides is 1. The summed E-state index contributed by atoms with van der Waals surface area (Å²) in [4.78, 5) is 11.8. The average molecular weight is 280 g/mol. The van der Waals surface area contributed by atoms with Gasteiger partial charge in [-0.05, 0) is 31.2 Å². The van der Waals surface area contributed by atoms with E-state index in [1.54, 1.807) is 23.0 Å². The molecule has 0 aliphatic heterocycles. The van der Waals surface area contributed by atoms with Crippen LogP contribution in [0.3, 0.4) is 0 Å². The van der Waals surface area contributed by atoms with Crippen molar-refractivity contribution in [2.24, 2.45) is 0 Å². The van der Waals surface area contributed by atoms with E-state index < -0.39 is 0 Å². The second kappa shape index (κ2) is 5.28. The van der Waals surface area contributed by atoms with Gasteiger partial charge in [-0.15, -0.1) is 0 Å². The molecule has 0 atom stereocenters. The molecule has 5 nitrogen and oxygen atoms in total. The molecule has 0 fully saturated rings. The monoisotopic (exact) mass is 280 g/mol. The number of nitrogens with two attached hydrogens (primary N) is 1. The van der Waals surface area contributed by atoms with Crippen molar-refractivity contribution >= 4 is 22.5 Å². The molecule has 0 saturated heterocycles. The van der Waals surface area contributed by atoms with Crippen LogP contribution in [0.25, 0.3) is 16.6 Å². The van der Waals surface area contributed by atoms with Crippen LogP contribution in [0.5, 0.6) is 0 Å². The van der Waals surface area contributed by atoms with Gasteiger partial charge >= 0.3 is 0 Å². The molecule has 3 N–H and O–H groups in total. The second-order valence-electron chi connectivity index (χ2n) is 4.75. The number of nitrogens with one attached hydrogen (secondary N) is 1.